The summed E-state index contributed by atoms with van der Waals surface area (Å²) in [6.45, 7) is 5.92. The van der Waals surface area contributed by atoms with Crippen molar-refractivity contribution < 1.29 is 9.18 Å². The maximum atomic E-state index is 15.2. The smallest absolute Gasteiger partial charge is 0.242 e. The second kappa shape index (κ2) is 7.68. The Labute approximate surface area is 195 Å². The van der Waals surface area contributed by atoms with Gasteiger partial charge in [-0.15, -0.1) is 0 Å². The van der Waals surface area contributed by atoms with Gasteiger partial charge in [-0.3, -0.25) is 14.5 Å². The highest BCUT2D eigenvalue weighted by Gasteiger charge is 2.28. The van der Waals surface area contributed by atoms with E-state index in [1.54, 1.807) is 23.0 Å². The van der Waals surface area contributed by atoms with Crippen molar-refractivity contribution in [3.8, 4) is 11.1 Å². The number of rotatable bonds is 3. The molecule has 1 amide bonds. The molecule has 174 valence electrons. The van der Waals surface area contributed by atoms with Crippen molar-refractivity contribution in [3.63, 3.8) is 0 Å². The Kier molecular flexibility index (Phi) is 4.89. The van der Waals surface area contributed by atoms with E-state index >= 15 is 4.39 Å². The molecule has 34 heavy (non-hydrogen) atoms. The lowest BCUT2D eigenvalue weighted by Crippen LogP contribution is -2.44. The molecule has 6 N–H and O–H groups in total. The van der Waals surface area contributed by atoms with Crippen molar-refractivity contribution in [2.75, 3.05) is 16.8 Å². The first-order valence-corrected chi connectivity index (χ1v) is 10.8. The summed E-state index contributed by atoms with van der Waals surface area (Å²) >= 11 is 0. The zero-order valence-corrected chi connectivity index (χ0v) is 19.1. The van der Waals surface area contributed by atoms with Gasteiger partial charge in [0.1, 0.15) is 12.4 Å². The third-order valence-electron chi connectivity index (χ3n) is 6.06. The van der Waals surface area contributed by atoms with E-state index in [-0.39, 0.29) is 23.7 Å². The van der Waals surface area contributed by atoms with Crippen molar-refractivity contribution >= 4 is 39.7 Å². The van der Waals surface area contributed by atoms with E-state index in [1.165, 1.54) is 12.4 Å². The number of nitrogens with zero attached hydrogens (tertiary/aromatic N) is 4. The molecule has 4 heterocycles. The number of aromatic nitrogens is 4. The number of hydrogen-bond acceptors (Lipinski definition) is 7. The largest absolute Gasteiger partial charge is 0.397 e. The number of nitrogens with two attached hydrogens (primary N) is 2. The number of benzene rings is 1. The molecule has 9 nitrogen and oxygen atoms in total. The van der Waals surface area contributed by atoms with Crippen LogP contribution >= 0.6 is 0 Å². The minimum Gasteiger partial charge on any atom is -0.397 e. The number of pyridine rings is 2. The summed E-state index contributed by atoms with van der Waals surface area (Å²) in [5.74, 6) is 0.463. The Bertz CT molecular complexity index is 1460. The summed E-state index contributed by atoms with van der Waals surface area (Å²) in [6.07, 6.45) is 5.28. The predicted molar refractivity (Wildman–Crippen MR) is 130 cm³/mol. The molecular formula is C24H25FN8O. The second-order valence-corrected chi connectivity index (χ2v) is 9.26. The van der Waals surface area contributed by atoms with Gasteiger partial charge in [0.15, 0.2) is 11.6 Å². The Morgan fingerprint density at radius 2 is 1.91 bits per heavy atom. The van der Waals surface area contributed by atoms with E-state index in [0.29, 0.717) is 45.6 Å². The van der Waals surface area contributed by atoms with Gasteiger partial charge in [-0.2, -0.15) is 5.10 Å². The van der Waals surface area contributed by atoms with E-state index in [0.717, 1.165) is 11.3 Å². The minimum absolute atomic E-state index is 0.00956. The number of carbonyl (C=O) groups excluding carboxylic acids is 1. The molecule has 4 aromatic rings. The monoisotopic (exact) mass is 460 g/mol. The highest BCUT2D eigenvalue weighted by atomic mass is 19.1. The SMILES string of the molecule is Cc1c(N)cncc1-c1cc2cc(Nc3cc4n(n3)CC(=O)NC(C)(C)C4)ncc2c(N)c1F. The lowest BCUT2D eigenvalue weighted by atomic mass is 9.97. The topological polar surface area (TPSA) is 137 Å². The van der Waals surface area contributed by atoms with E-state index < -0.39 is 5.82 Å². The standard InChI is InChI=1S/C24H25FN8O/c1-12-16(8-28-10-18(12)26)15-4-13-5-19(29-9-17(13)23(27)22(15)25)30-20-6-14-7-24(2,3)31-21(34)11-33(14)32-20/h4-6,8-10H,7,11,26-27H2,1-3H3,(H,31,34)(H,29,30,32). The molecular weight excluding hydrogens is 435 g/mol. The van der Waals surface area contributed by atoms with Gasteiger partial charge in [0.05, 0.1) is 17.6 Å². The predicted octanol–water partition coefficient (Wildman–Crippen LogP) is 3.30. The summed E-state index contributed by atoms with van der Waals surface area (Å²) in [5.41, 5.74) is 14.8. The molecule has 1 aliphatic rings. The molecule has 5 rings (SSSR count). The second-order valence-electron chi connectivity index (χ2n) is 9.26. The molecule has 1 aromatic carbocycles. The Hall–Kier alpha value is -4.21. The number of anilines is 4. The maximum Gasteiger partial charge on any atom is 0.242 e. The fraction of sp³-hybridized carbons (Fsp3) is 0.250. The normalized spacial score (nSPS) is 15.0. The van der Waals surface area contributed by atoms with Crippen molar-refractivity contribution in [1.29, 1.82) is 0 Å². The van der Waals surface area contributed by atoms with Gasteiger partial charge in [0.25, 0.3) is 0 Å². The number of nitrogen functional groups attached to an aromatic ring is 2. The first-order chi connectivity index (χ1) is 16.1. The first-order valence-electron chi connectivity index (χ1n) is 10.8. The lowest BCUT2D eigenvalue weighted by molar-refractivity contribution is -0.122. The molecule has 10 heteroatoms. The Morgan fingerprint density at radius 1 is 1.12 bits per heavy atom. The fourth-order valence-corrected chi connectivity index (χ4v) is 4.35. The van der Waals surface area contributed by atoms with Crippen LogP contribution in [-0.2, 0) is 17.8 Å². The number of amides is 1. The zero-order valence-electron chi connectivity index (χ0n) is 19.1. The zero-order chi connectivity index (χ0) is 24.2. The van der Waals surface area contributed by atoms with Crippen LogP contribution < -0.4 is 22.1 Å². The number of carbonyl (C=O) groups is 1. The molecule has 1 aliphatic heterocycles. The average Bonchev–Trinajstić information content (AvgIpc) is 3.06. The van der Waals surface area contributed by atoms with Crippen LogP contribution in [0.3, 0.4) is 0 Å². The van der Waals surface area contributed by atoms with Gasteiger partial charge in [-0.05, 0) is 43.9 Å². The number of hydrogen-bond donors (Lipinski definition) is 4. The van der Waals surface area contributed by atoms with Crippen LogP contribution in [0.4, 0.5) is 27.4 Å². The van der Waals surface area contributed by atoms with Gasteiger partial charge in [-0.25, -0.2) is 9.37 Å². The third-order valence-corrected chi connectivity index (χ3v) is 6.06. The van der Waals surface area contributed by atoms with Gasteiger partial charge >= 0.3 is 0 Å². The molecule has 0 unspecified atom stereocenters. The van der Waals surface area contributed by atoms with Gasteiger partial charge in [0.2, 0.25) is 5.91 Å². The molecule has 0 saturated carbocycles. The molecule has 0 aliphatic carbocycles. The van der Waals surface area contributed by atoms with Crippen molar-refractivity contribution in [3.05, 3.63) is 53.9 Å². The van der Waals surface area contributed by atoms with Crippen LogP contribution in [0.25, 0.3) is 21.9 Å². The Morgan fingerprint density at radius 3 is 2.71 bits per heavy atom. The first kappa shape index (κ1) is 21.6. The summed E-state index contributed by atoms with van der Waals surface area (Å²) in [5, 5.41) is 11.9. The van der Waals surface area contributed by atoms with E-state index in [9.17, 15) is 4.79 Å². The number of halogens is 1. The molecule has 0 atom stereocenters. The minimum atomic E-state index is -0.538. The maximum absolute atomic E-state index is 15.2. The summed E-state index contributed by atoms with van der Waals surface area (Å²) in [4.78, 5) is 20.7. The Balaban J connectivity index is 1.53. The van der Waals surface area contributed by atoms with E-state index in [2.05, 4.69) is 25.7 Å². The lowest BCUT2D eigenvalue weighted by Gasteiger charge is -2.22. The van der Waals surface area contributed by atoms with Crippen LogP contribution in [0, 0.1) is 12.7 Å². The van der Waals surface area contributed by atoms with Gasteiger partial charge in [-0.1, -0.05) is 0 Å². The van der Waals surface area contributed by atoms with Crippen molar-refractivity contribution in [2.24, 2.45) is 0 Å². The van der Waals surface area contributed by atoms with Crippen LogP contribution in [0.5, 0.6) is 0 Å². The third kappa shape index (κ3) is 3.76. The summed E-state index contributed by atoms with van der Waals surface area (Å²) in [7, 11) is 0. The van der Waals surface area contributed by atoms with Crippen molar-refractivity contribution in [1.82, 2.24) is 25.1 Å². The molecule has 3 aromatic heterocycles. The van der Waals surface area contributed by atoms with Crippen LogP contribution in [0.15, 0.2) is 36.8 Å². The van der Waals surface area contributed by atoms with Gasteiger partial charge in [0, 0.05) is 52.6 Å². The highest BCUT2D eigenvalue weighted by molar-refractivity contribution is 5.98. The number of fused-ring (bicyclic) bond motifs is 2. The number of nitrogens with one attached hydrogen (secondary N) is 2. The summed E-state index contributed by atoms with van der Waals surface area (Å²) in [6, 6.07) is 5.40. The van der Waals surface area contributed by atoms with E-state index in [4.69, 9.17) is 11.5 Å². The van der Waals surface area contributed by atoms with Crippen molar-refractivity contribution in [2.45, 2.75) is 39.3 Å². The quantitative estimate of drug-likeness (QED) is 0.344. The van der Waals surface area contributed by atoms with Gasteiger partial charge < -0.3 is 22.1 Å². The molecule has 0 spiro atoms. The van der Waals surface area contributed by atoms with Crippen LogP contribution in [0.1, 0.15) is 25.1 Å². The summed E-state index contributed by atoms with van der Waals surface area (Å²) < 4.78 is 16.8. The fourth-order valence-electron chi connectivity index (χ4n) is 4.35. The average molecular weight is 461 g/mol. The van der Waals surface area contributed by atoms with Crippen LogP contribution in [0.2, 0.25) is 0 Å². The van der Waals surface area contributed by atoms with E-state index in [1.807, 2.05) is 26.8 Å². The molecule has 0 saturated heterocycles. The van der Waals surface area contributed by atoms with Crippen LogP contribution in [-0.4, -0.2) is 31.2 Å². The molecule has 0 radical (unpaired) electrons. The molecule has 0 bridgehead atoms. The highest BCUT2D eigenvalue weighted by Crippen LogP contribution is 2.36. The molecule has 0 fully saturated rings.